The Morgan fingerprint density at radius 1 is 1.73 bits per heavy atom. The molecule has 86 valence electrons. The predicted octanol–water partition coefficient (Wildman–Crippen LogP) is 0.770. The highest BCUT2D eigenvalue weighted by Crippen LogP contribution is 2.20. The lowest BCUT2D eigenvalue weighted by Gasteiger charge is -2.25. The van der Waals surface area contributed by atoms with Gasteiger partial charge in [0.25, 0.3) is 0 Å². The first-order chi connectivity index (χ1) is 7.11. The van der Waals surface area contributed by atoms with Crippen LogP contribution >= 0.6 is 0 Å². The van der Waals surface area contributed by atoms with E-state index in [1.54, 1.807) is 0 Å². The molecular formula is C10H19N3O2. The van der Waals surface area contributed by atoms with Crippen LogP contribution in [0.3, 0.4) is 0 Å². The maximum Gasteiger partial charge on any atom is 0.233 e. The summed E-state index contributed by atoms with van der Waals surface area (Å²) in [6.45, 7) is 4.68. The van der Waals surface area contributed by atoms with Crippen LogP contribution in [0.25, 0.3) is 0 Å². The quantitative estimate of drug-likeness (QED) is 0.314. The molecule has 0 aromatic rings. The van der Waals surface area contributed by atoms with Gasteiger partial charge in [-0.3, -0.25) is 4.79 Å². The van der Waals surface area contributed by atoms with E-state index < -0.39 is 5.92 Å². The number of likely N-dealkylation sites (tertiary alicyclic amines) is 1. The van der Waals surface area contributed by atoms with E-state index in [4.69, 9.17) is 10.9 Å². The second-order valence-electron chi connectivity index (χ2n) is 4.01. The van der Waals surface area contributed by atoms with Crippen LogP contribution in [0, 0.1) is 5.92 Å². The number of rotatable bonds is 3. The standard InChI is InChI=1S/C10H19N3O2/c1-3-8(9(11)12-15)10(14)13-6-4-5-7(13)2/h7-8,15H,3-6H2,1-2H3,(H2,11,12). The van der Waals surface area contributed by atoms with Crippen molar-refractivity contribution in [3.8, 4) is 0 Å². The van der Waals surface area contributed by atoms with Crippen molar-refractivity contribution in [3.05, 3.63) is 0 Å². The lowest BCUT2D eigenvalue weighted by molar-refractivity contribution is -0.134. The Balaban J connectivity index is 2.72. The molecule has 0 aliphatic carbocycles. The molecule has 1 saturated heterocycles. The normalized spacial score (nSPS) is 24.3. The summed E-state index contributed by atoms with van der Waals surface area (Å²) in [6.07, 6.45) is 2.65. The fourth-order valence-electron chi connectivity index (χ4n) is 2.04. The molecule has 1 aliphatic heterocycles. The Kier molecular flexibility index (Phi) is 3.94. The van der Waals surface area contributed by atoms with E-state index in [2.05, 4.69) is 5.16 Å². The fourth-order valence-corrected chi connectivity index (χ4v) is 2.04. The summed E-state index contributed by atoms with van der Waals surface area (Å²) in [4.78, 5) is 13.9. The number of nitrogens with zero attached hydrogens (tertiary/aromatic N) is 2. The summed E-state index contributed by atoms with van der Waals surface area (Å²) < 4.78 is 0. The summed E-state index contributed by atoms with van der Waals surface area (Å²) in [5, 5.41) is 11.5. The lowest BCUT2D eigenvalue weighted by Crippen LogP contribution is -2.43. The van der Waals surface area contributed by atoms with E-state index in [-0.39, 0.29) is 17.8 Å². The molecule has 0 saturated carbocycles. The van der Waals surface area contributed by atoms with Gasteiger partial charge in [-0.25, -0.2) is 0 Å². The molecule has 0 bridgehead atoms. The summed E-state index contributed by atoms with van der Waals surface area (Å²) in [5.74, 6) is -0.477. The van der Waals surface area contributed by atoms with Crippen molar-refractivity contribution < 1.29 is 10.0 Å². The van der Waals surface area contributed by atoms with Crippen LogP contribution in [0.2, 0.25) is 0 Å². The van der Waals surface area contributed by atoms with Gasteiger partial charge in [-0.05, 0) is 26.2 Å². The molecule has 0 spiro atoms. The van der Waals surface area contributed by atoms with Crippen LogP contribution in [0.15, 0.2) is 5.16 Å². The Morgan fingerprint density at radius 3 is 2.80 bits per heavy atom. The average Bonchev–Trinajstić information content (AvgIpc) is 2.65. The van der Waals surface area contributed by atoms with Crippen molar-refractivity contribution in [1.29, 1.82) is 0 Å². The molecule has 5 heteroatoms. The monoisotopic (exact) mass is 213 g/mol. The number of amidine groups is 1. The fraction of sp³-hybridized carbons (Fsp3) is 0.800. The number of amides is 1. The lowest BCUT2D eigenvalue weighted by atomic mass is 10.0. The van der Waals surface area contributed by atoms with Gasteiger partial charge in [0.1, 0.15) is 0 Å². The van der Waals surface area contributed by atoms with Crippen LogP contribution in [0.1, 0.15) is 33.1 Å². The van der Waals surface area contributed by atoms with Gasteiger partial charge in [-0.1, -0.05) is 12.1 Å². The minimum absolute atomic E-state index is 0.0154. The second kappa shape index (κ2) is 5.00. The number of hydrogen-bond donors (Lipinski definition) is 2. The van der Waals surface area contributed by atoms with E-state index in [1.165, 1.54) is 0 Å². The highest BCUT2D eigenvalue weighted by atomic mass is 16.4. The van der Waals surface area contributed by atoms with Crippen molar-refractivity contribution in [2.24, 2.45) is 16.8 Å². The smallest absolute Gasteiger partial charge is 0.233 e. The molecule has 5 nitrogen and oxygen atoms in total. The molecule has 2 unspecified atom stereocenters. The van der Waals surface area contributed by atoms with Crippen molar-refractivity contribution >= 4 is 11.7 Å². The van der Waals surface area contributed by atoms with Crippen LogP contribution in [-0.2, 0) is 4.79 Å². The number of oxime groups is 1. The van der Waals surface area contributed by atoms with Gasteiger partial charge < -0.3 is 15.8 Å². The highest BCUT2D eigenvalue weighted by Gasteiger charge is 2.31. The molecule has 1 rings (SSSR count). The number of carbonyl (C=O) groups is 1. The Labute approximate surface area is 89.9 Å². The number of carbonyl (C=O) groups excluding carboxylic acids is 1. The van der Waals surface area contributed by atoms with Gasteiger partial charge in [0, 0.05) is 12.6 Å². The average molecular weight is 213 g/mol. The van der Waals surface area contributed by atoms with Crippen molar-refractivity contribution in [2.45, 2.75) is 39.2 Å². The van der Waals surface area contributed by atoms with Gasteiger partial charge in [-0.15, -0.1) is 0 Å². The highest BCUT2D eigenvalue weighted by molar-refractivity contribution is 6.02. The molecule has 1 amide bonds. The third kappa shape index (κ3) is 2.40. The van der Waals surface area contributed by atoms with Crippen molar-refractivity contribution in [1.82, 2.24) is 4.90 Å². The zero-order chi connectivity index (χ0) is 11.4. The van der Waals surface area contributed by atoms with Crippen LogP contribution in [0.4, 0.5) is 0 Å². The van der Waals surface area contributed by atoms with Gasteiger partial charge in [-0.2, -0.15) is 0 Å². The molecule has 0 radical (unpaired) electrons. The van der Waals surface area contributed by atoms with E-state index in [0.717, 1.165) is 19.4 Å². The van der Waals surface area contributed by atoms with Crippen LogP contribution in [0.5, 0.6) is 0 Å². The number of hydrogen-bond acceptors (Lipinski definition) is 3. The predicted molar refractivity (Wildman–Crippen MR) is 57.6 cm³/mol. The first kappa shape index (κ1) is 11.8. The minimum Gasteiger partial charge on any atom is -0.409 e. The molecule has 0 aromatic heterocycles. The zero-order valence-corrected chi connectivity index (χ0v) is 9.31. The molecule has 1 heterocycles. The largest absolute Gasteiger partial charge is 0.409 e. The minimum atomic E-state index is -0.476. The van der Waals surface area contributed by atoms with Gasteiger partial charge in [0.05, 0.1) is 5.92 Å². The van der Waals surface area contributed by atoms with E-state index >= 15 is 0 Å². The van der Waals surface area contributed by atoms with E-state index in [0.29, 0.717) is 6.42 Å². The maximum atomic E-state index is 12.0. The molecular weight excluding hydrogens is 194 g/mol. The van der Waals surface area contributed by atoms with Crippen molar-refractivity contribution in [2.75, 3.05) is 6.54 Å². The summed E-state index contributed by atoms with van der Waals surface area (Å²) in [6, 6.07) is 0.276. The topological polar surface area (TPSA) is 78.9 Å². The van der Waals surface area contributed by atoms with Gasteiger partial charge in [0.15, 0.2) is 5.84 Å². The Hall–Kier alpha value is -1.26. The summed E-state index contributed by atoms with van der Waals surface area (Å²) in [5.41, 5.74) is 5.49. The van der Waals surface area contributed by atoms with Crippen molar-refractivity contribution in [3.63, 3.8) is 0 Å². The van der Waals surface area contributed by atoms with Gasteiger partial charge in [0.2, 0.25) is 5.91 Å². The second-order valence-corrected chi connectivity index (χ2v) is 4.01. The van der Waals surface area contributed by atoms with E-state index in [1.807, 2.05) is 18.7 Å². The molecule has 1 aliphatic rings. The SMILES string of the molecule is CCC(C(=O)N1CCCC1C)C(N)=NO. The third-order valence-electron chi connectivity index (χ3n) is 3.01. The van der Waals surface area contributed by atoms with Crippen LogP contribution < -0.4 is 5.73 Å². The van der Waals surface area contributed by atoms with E-state index in [9.17, 15) is 4.79 Å². The molecule has 2 atom stereocenters. The molecule has 15 heavy (non-hydrogen) atoms. The number of nitrogens with two attached hydrogens (primary N) is 1. The zero-order valence-electron chi connectivity index (χ0n) is 9.31. The van der Waals surface area contributed by atoms with Crippen LogP contribution in [-0.4, -0.2) is 34.4 Å². The molecule has 3 N–H and O–H groups in total. The Morgan fingerprint density at radius 2 is 2.40 bits per heavy atom. The summed E-state index contributed by atoms with van der Waals surface area (Å²) >= 11 is 0. The third-order valence-corrected chi connectivity index (χ3v) is 3.01. The Bertz CT molecular complexity index is 265. The first-order valence-electron chi connectivity index (χ1n) is 5.39. The van der Waals surface area contributed by atoms with Gasteiger partial charge >= 0.3 is 0 Å². The summed E-state index contributed by atoms with van der Waals surface area (Å²) in [7, 11) is 0. The molecule has 0 aromatic carbocycles. The first-order valence-corrected chi connectivity index (χ1v) is 5.39. The molecule has 1 fully saturated rings. The maximum absolute atomic E-state index is 12.0.